The van der Waals surface area contributed by atoms with Gasteiger partial charge in [0.1, 0.15) is 11.4 Å². The second-order valence-electron chi connectivity index (χ2n) is 17.7. The summed E-state index contributed by atoms with van der Waals surface area (Å²) < 4.78 is 21.4. The van der Waals surface area contributed by atoms with Crippen molar-refractivity contribution < 1.29 is 18.4 Å². The van der Waals surface area contributed by atoms with Crippen molar-refractivity contribution in [3.05, 3.63) is 157 Å². The van der Waals surface area contributed by atoms with Crippen molar-refractivity contribution in [2.24, 2.45) is 0 Å². The van der Waals surface area contributed by atoms with E-state index in [1.165, 1.54) is 20.7 Å². The van der Waals surface area contributed by atoms with Gasteiger partial charge in [0.15, 0.2) is 0 Å². The standard InChI is InChI=1S/C49H57NO4Si2/c1-47(2,3)53-46(51)50(10)44-35-45(54-56(49(7,8)9,39-29-19-13-20-30-39)40-31-21-14-22-32-40)42-34-24-23-33-41(42)43(44)36-52-55(48(4,5)6,37-25-15-11-16-26-37)38-27-17-12-18-28-38/h11-35H,36H2,1-10H3. The molecule has 0 fully saturated rings. The maximum atomic E-state index is 14.1. The lowest BCUT2D eigenvalue weighted by atomic mass is 10.0. The molecule has 0 aliphatic rings. The predicted molar refractivity (Wildman–Crippen MR) is 239 cm³/mol. The molecule has 0 unspecified atom stereocenters. The molecule has 0 N–H and O–H groups in total. The third-order valence-corrected chi connectivity index (χ3v) is 20.6. The highest BCUT2D eigenvalue weighted by molar-refractivity contribution is 7.00. The first-order valence-electron chi connectivity index (χ1n) is 19.6. The molecule has 6 aromatic rings. The number of hydrogen-bond donors (Lipinski definition) is 0. The minimum atomic E-state index is -3.07. The number of carbonyl (C=O) groups is 1. The summed E-state index contributed by atoms with van der Waals surface area (Å²) in [6, 6.07) is 53.1. The van der Waals surface area contributed by atoms with Crippen molar-refractivity contribution in [1.29, 1.82) is 0 Å². The molecule has 5 nitrogen and oxygen atoms in total. The zero-order chi connectivity index (χ0) is 40.4. The first-order chi connectivity index (χ1) is 26.5. The number of carbonyl (C=O) groups excluding carboxylic acids is 1. The van der Waals surface area contributed by atoms with E-state index in [2.05, 4.69) is 193 Å². The molecule has 0 heterocycles. The van der Waals surface area contributed by atoms with Crippen LogP contribution in [0.3, 0.4) is 0 Å². The van der Waals surface area contributed by atoms with E-state index in [9.17, 15) is 4.79 Å². The first-order valence-corrected chi connectivity index (χ1v) is 23.4. The zero-order valence-electron chi connectivity index (χ0n) is 34.7. The van der Waals surface area contributed by atoms with Crippen molar-refractivity contribution in [2.45, 2.75) is 84.6 Å². The number of anilines is 1. The number of hydrogen-bond acceptors (Lipinski definition) is 4. The Morgan fingerprint density at radius 2 is 0.911 bits per heavy atom. The van der Waals surface area contributed by atoms with Crippen molar-refractivity contribution >= 4 is 59.9 Å². The molecule has 0 spiro atoms. The smallest absolute Gasteiger partial charge is 0.414 e. The summed E-state index contributed by atoms with van der Waals surface area (Å²) in [5.74, 6) is 0.717. The number of nitrogens with zero attached hydrogens (tertiary/aromatic N) is 1. The second-order valence-corrected chi connectivity index (χ2v) is 26.2. The Hall–Kier alpha value is -4.96. The van der Waals surface area contributed by atoms with Gasteiger partial charge in [-0.05, 0) is 57.0 Å². The van der Waals surface area contributed by atoms with Crippen LogP contribution in [0.1, 0.15) is 67.9 Å². The van der Waals surface area contributed by atoms with E-state index >= 15 is 0 Å². The third-order valence-electron chi connectivity index (χ3n) is 10.7. The fourth-order valence-electron chi connectivity index (χ4n) is 8.11. The van der Waals surface area contributed by atoms with Crippen LogP contribution in [-0.2, 0) is 15.8 Å². The Morgan fingerprint density at radius 3 is 1.30 bits per heavy atom. The van der Waals surface area contributed by atoms with Crippen LogP contribution in [-0.4, -0.2) is 35.4 Å². The minimum Gasteiger partial charge on any atom is -0.533 e. The molecule has 6 aromatic carbocycles. The van der Waals surface area contributed by atoms with Crippen molar-refractivity contribution in [3.8, 4) is 5.75 Å². The summed E-state index contributed by atoms with van der Waals surface area (Å²) in [4.78, 5) is 15.7. The van der Waals surface area contributed by atoms with Crippen LogP contribution in [0, 0.1) is 0 Å². The van der Waals surface area contributed by atoms with Gasteiger partial charge >= 0.3 is 14.4 Å². The van der Waals surface area contributed by atoms with Crippen molar-refractivity contribution in [2.75, 3.05) is 11.9 Å². The number of fused-ring (bicyclic) bond motifs is 1. The average Bonchev–Trinajstić information content (AvgIpc) is 3.17. The van der Waals surface area contributed by atoms with Crippen LogP contribution < -0.4 is 30.1 Å². The SMILES string of the molecule is CN(C(=O)OC(C)(C)C)c1cc(O[Si](c2ccccc2)(c2ccccc2)C(C)(C)C)c2ccccc2c1CO[Si](c1ccccc1)(c1ccccc1)C(C)(C)C. The van der Waals surface area contributed by atoms with Gasteiger partial charge in [-0.3, -0.25) is 4.90 Å². The van der Waals surface area contributed by atoms with E-state index in [-0.39, 0.29) is 16.7 Å². The molecule has 0 bridgehead atoms. The molecule has 0 aliphatic carbocycles. The maximum Gasteiger partial charge on any atom is 0.414 e. The van der Waals surface area contributed by atoms with Crippen LogP contribution in [0.15, 0.2) is 152 Å². The lowest BCUT2D eigenvalue weighted by Gasteiger charge is -2.44. The minimum absolute atomic E-state index is 0.241. The van der Waals surface area contributed by atoms with E-state index < -0.39 is 28.3 Å². The Kier molecular flexibility index (Phi) is 11.5. The number of ether oxygens (including phenoxy) is 1. The Bertz CT molecular complexity index is 2160. The van der Waals surface area contributed by atoms with Gasteiger partial charge in [-0.15, -0.1) is 0 Å². The Labute approximate surface area is 336 Å². The third kappa shape index (κ3) is 7.86. The largest absolute Gasteiger partial charge is 0.533 e. The molecule has 0 aliphatic heterocycles. The van der Waals surface area contributed by atoms with Gasteiger partial charge in [-0.25, -0.2) is 4.79 Å². The van der Waals surface area contributed by atoms with Crippen LogP contribution >= 0.6 is 0 Å². The highest BCUT2D eigenvalue weighted by Crippen LogP contribution is 2.44. The van der Waals surface area contributed by atoms with Gasteiger partial charge < -0.3 is 13.6 Å². The molecular formula is C49H57NO4Si2. The van der Waals surface area contributed by atoms with Gasteiger partial charge in [0.25, 0.3) is 8.32 Å². The summed E-state index contributed by atoms with van der Waals surface area (Å²) in [6.07, 6.45) is -0.448. The summed E-state index contributed by atoms with van der Waals surface area (Å²) in [5.41, 5.74) is 0.891. The van der Waals surface area contributed by atoms with Crippen LogP contribution in [0.5, 0.6) is 5.75 Å². The lowest BCUT2D eigenvalue weighted by molar-refractivity contribution is 0.0589. The molecule has 1 amide bonds. The summed E-state index contributed by atoms with van der Waals surface area (Å²) in [6.45, 7) is 19.6. The molecular weight excluding hydrogens is 723 g/mol. The molecule has 0 saturated carbocycles. The van der Waals surface area contributed by atoms with Crippen LogP contribution in [0.4, 0.5) is 10.5 Å². The topological polar surface area (TPSA) is 48.0 Å². The van der Waals surface area contributed by atoms with Gasteiger partial charge in [-0.1, -0.05) is 187 Å². The lowest BCUT2D eigenvalue weighted by Crippen LogP contribution is -2.68. The van der Waals surface area contributed by atoms with E-state index in [4.69, 9.17) is 13.6 Å². The average molecular weight is 780 g/mol. The molecule has 56 heavy (non-hydrogen) atoms. The van der Waals surface area contributed by atoms with Gasteiger partial charge in [0.2, 0.25) is 0 Å². The van der Waals surface area contributed by atoms with Gasteiger partial charge in [-0.2, -0.15) is 0 Å². The fourth-order valence-corrected chi connectivity index (χ4v) is 17.1. The normalized spacial score (nSPS) is 12.7. The molecule has 6 rings (SSSR count). The highest BCUT2D eigenvalue weighted by Gasteiger charge is 2.53. The summed E-state index contributed by atoms with van der Waals surface area (Å²) in [5, 5.41) is 6.13. The van der Waals surface area contributed by atoms with E-state index in [0.717, 1.165) is 22.1 Å². The number of rotatable bonds is 10. The van der Waals surface area contributed by atoms with E-state index in [0.29, 0.717) is 5.69 Å². The van der Waals surface area contributed by atoms with Crippen LogP contribution in [0.2, 0.25) is 10.1 Å². The first kappa shape index (κ1) is 40.7. The van der Waals surface area contributed by atoms with Crippen molar-refractivity contribution in [1.82, 2.24) is 0 Å². The van der Waals surface area contributed by atoms with Gasteiger partial charge in [0.05, 0.1) is 12.3 Å². The monoisotopic (exact) mass is 779 g/mol. The summed E-state index contributed by atoms with van der Waals surface area (Å²) >= 11 is 0. The zero-order valence-corrected chi connectivity index (χ0v) is 36.7. The van der Waals surface area contributed by atoms with Crippen LogP contribution in [0.25, 0.3) is 10.8 Å². The summed E-state index contributed by atoms with van der Waals surface area (Å²) in [7, 11) is -4.25. The molecule has 0 atom stereocenters. The number of amides is 1. The Balaban J connectivity index is 1.62. The molecule has 0 aromatic heterocycles. The fraction of sp³-hybridized carbons (Fsp3) is 0.286. The van der Waals surface area contributed by atoms with E-state index in [1.54, 1.807) is 11.9 Å². The molecule has 0 saturated heterocycles. The number of benzene rings is 6. The molecule has 290 valence electrons. The maximum absolute atomic E-state index is 14.1. The molecule has 7 heteroatoms. The second kappa shape index (κ2) is 15.9. The molecule has 0 radical (unpaired) electrons. The Morgan fingerprint density at radius 1 is 0.536 bits per heavy atom. The quantitative estimate of drug-likeness (QED) is 0.130. The predicted octanol–water partition coefficient (Wildman–Crippen LogP) is 10.2. The van der Waals surface area contributed by atoms with Crippen molar-refractivity contribution in [3.63, 3.8) is 0 Å². The van der Waals surface area contributed by atoms with E-state index in [1.807, 2.05) is 20.8 Å². The van der Waals surface area contributed by atoms with Gasteiger partial charge in [0, 0.05) is 24.1 Å². The highest BCUT2D eigenvalue weighted by atomic mass is 28.4.